The molecule has 1 N–H and O–H groups in total. The summed E-state index contributed by atoms with van der Waals surface area (Å²) in [4.78, 5) is 26.3. The van der Waals surface area contributed by atoms with E-state index >= 15 is 0 Å². The van der Waals surface area contributed by atoms with Gasteiger partial charge in [0.25, 0.3) is 5.24 Å². The first-order chi connectivity index (χ1) is 17.2. The van der Waals surface area contributed by atoms with Crippen LogP contribution in [0.1, 0.15) is 18.9 Å². The molecule has 0 bridgehead atoms. The van der Waals surface area contributed by atoms with E-state index < -0.39 is 31.1 Å². The molecule has 0 fully saturated rings. The molecule has 1 atom stereocenters. The molecule has 36 heavy (non-hydrogen) atoms. The fraction of sp³-hybridized carbons (Fsp3) is 0.200. The maximum Gasteiger partial charge on any atom is 0.450 e. The highest BCUT2D eigenvalue weighted by Gasteiger charge is 2.39. The van der Waals surface area contributed by atoms with Crippen molar-refractivity contribution in [1.29, 1.82) is 0 Å². The Morgan fingerprint density at radius 3 is 1.86 bits per heavy atom. The van der Waals surface area contributed by atoms with Crippen LogP contribution in [-0.4, -0.2) is 33.5 Å². The van der Waals surface area contributed by atoms with Crippen LogP contribution in [0.2, 0.25) is 10.0 Å². The van der Waals surface area contributed by atoms with Gasteiger partial charge < -0.3 is 19.1 Å². The standard InChI is InChI=1S/C25H24Cl2NO6PS/c1-2-23(24(29)30)28(25(31)36-16-18-6-4-3-5-7-18)17-35(32,33-21-12-8-19(26)9-13-21)34-22-14-10-20(27)11-15-22/h3-15,23H,2,16-17H2,1H3,(H,29,30). The quantitative estimate of drug-likeness (QED) is 0.236. The van der Waals surface area contributed by atoms with Gasteiger partial charge in [-0.05, 0) is 60.5 Å². The van der Waals surface area contributed by atoms with Gasteiger partial charge in [-0.3, -0.25) is 4.79 Å². The first kappa shape index (κ1) is 27.9. The fourth-order valence-corrected chi connectivity index (χ4v) is 6.11. The maximum absolute atomic E-state index is 14.0. The predicted molar refractivity (Wildman–Crippen MR) is 143 cm³/mol. The number of hydrogen-bond donors (Lipinski definition) is 1. The smallest absolute Gasteiger partial charge is 0.450 e. The molecular weight excluding hydrogens is 544 g/mol. The average molecular weight is 568 g/mol. The van der Waals surface area contributed by atoms with Crippen LogP contribution in [0.5, 0.6) is 11.5 Å². The summed E-state index contributed by atoms with van der Waals surface area (Å²) in [6, 6.07) is 20.2. The Morgan fingerprint density at radius 1 is 0.917 bits per heavy atom. The molecular formula is C25H24Cl2NO6PS. The summed E-state index contributed by atoms with van der Waals surface area (Å²) in [6.45, 7) is 1.63. The molecule has 0 radical (unpaired) electrons. The third-order valence-electron chi connectivity index (χ3n) is 4.93. The van der Waals surface area contributed by atoms with Gasteiger partial charge in [-0.1, -0.05) is 72.2 Å². The number of aliphatic carboxylic acids is 1. The molecule has 0 spiro atoms. The van der Waals surface area contributed by atoms with Crippen molar-refractivity contribution in [3.05, 3.63) is 94.5 Å². The zero-order chi connectivity index (χ0) is 26.1. The van der Waals surface area contributed by atoms with Crippen molar-refractivity contribution >= 4 is 53.8 Å². The van der Waals surface area contributed by atoms with E-state index in [1.165, 1.54) is 24.3 Å². The third kappa shape index (κ3) is 8.20. The molecule has 3 aromatic rings. The first-order valence-electron chi connectivity index (χ1n) is 10.9. The second-order valence-electron chi connectivity index (χ2n) is 7.61. The van der Waals surface area contributed by atoms with E-state index in [2.05, 4.69) is 0 Å². The summed E-state index contributed by atoms with van der Waals surface area (Å²) in [5.41, 5.74) is 0.886. The first-order valence-corrected chi connectivity index (χ1v) is 14.4. The number of carbonyl (C=O) groups is 2. The largest absolute Gasteiger partial charge is 0.480 e. The summed E-state index contributed by atoms with van der Waals surface area (Å²) in [7, 11) is -4.16. The number of carboxylic acid groups (broad SMARTS) is 1. The number of hydrogen-bond acceptors (Lipinski definition) is 6. The van der Waals surface area contributed by atoms with Crippen LogP contribution in [0.15, 0.2) is 78.9 Å². The Morgan fingerprint density at radius 2 is 1.42 bits per heavy atom. The highest BCUT2D eigenvalue weighted by Crippen LogP contribution is 2.50. The fourth-order valence-electron chi connectivity index (χ4n) is 3.19. The monoisotopic (exact) mass is 567 g/mol. The Kier molecular flexibility index (Phi) is 10.1. The van der Waals surface area contributed by atoms with E-state index in [9.17, 15) is 19.3 Å². The molecule has 0 saturated heterocycles. The Bertz CT molecular complexity index is 1160. The van der Waals surface area contributed by atoms with Crippen LogP contribution in [0.3, 0.4) is 0 Å². The van der Waals surface area contributed by atoms with E-state index in [0.29, 0.717) is 15.8 Å². The minimum Gasteiger partial charge on any atom is -0.480 e. The molecule has 7 nitrogen and oxygen atoms in total. The molecule has 0 heterocycles. The minimum absolute atomic E-state index is 0.0921. The van der Waals surface area contributed by atoms with Gasteiger partial charge in [0.1, 0.15) is 23.8 Å². The average Bonchev–Trinajstić information content (AvgIpc) is 2.86. The summed E-state index contributed by atoms with van der Waals surface area (Å²) < 4.78 is 25.6. The second-order valence-corrected chi connectivity index (χ2v) is 11.3. The topological polar surface area (TPSA) is 93.1 Å². The van der Waals surface area contributed by atoms with Gasteiger partial charge in [0.05, 0.1) is 0 Å². The Balaban J connectivity index is 1.92. The Labute approximate surface area is 223 Å². The lowest BCUT2D eigenvalue weighted by Crippen LogP contribution is -2.44. The number of carboxylic acids is 1. The van der Waals surface area contributed by atoms with Gasteiger partial charge in [-0.25, -0.2) is 9.36 Å². The van der Waals surface area contributed by atoms with E-state index in [0.717, 1.165) is 22.2 Å². The van der Waals surface area contributed by atoms with E-state index in [-0.39, 0.29) is 17.9 Å². The normalized spacial score (nSPS) is 12.0. The number of benzene rings is 3. The lowest BCUT2D eigenvalue weighted by molar-refractivity contribution is -0.141. The van der Waals surface area contributed by atoms with Crippen molar-refractivity contribution in [2.24, 2.45) is 0 Å². The van der Waals surface area contributed by atoms with Gasteiger partial charge in [0.2, 0.25) is 0 Å². The van der Waals surface area contributed by atoms with Crippen molar-refractivity contribution < 1.29 is 28.3 Å². The molecule has 0 aliphatic carbocycles. The van der Waals surface area contributed by atoms with Crippen LogP contribution in [-0.2, 0) is 15.1 Å². The summed E-state index contributed by atoms with van der Waals surface area (Å²) in [5.74, 6) is -0.545. The predicted octanol–water partition coefficient (Wildman–Crippen LogP) is 7.82. The number of thioether (sulfide) groups is 1. The van der Waals surface area contributed by atoms with Crippen molar-refractivity contribution in [2.45, 2.75) is 25.1 Å². The van der Waals surface area contributed by atoms with E-state index in [4.69, 9.17) is 32.2 Å². The molecule has 11 heteroatoms. The molecule has 1 amide bonds. The number of carbonyl (C=O) groups excluding carboxylic acids is 1. The molecule has 0 saturated carbocycles. The number of nitrogens with zero attached hydrogens (tertiary/aromatic N) is 1. The van der Waals surface area contributed by atoms with Gasteiger partial charge in [0, 0.05) is 15.8 Å². The number of amides is 1. The lowest BCUT2D eigenvalue weighted by atomic mass is 10.2. The molecule has 0 aromatic heterocycles. The van der Waals surface area contributed by atoms with Gasteiger partial charge in [-0.2, -0.15) is 0 Å². The van der Waals surface area contributed by atoms with Crippen molar-refractivity contribution in [3.8, 4) is 11.5 Å². The SMILES string of the molecule is CCC(C(=O)O)N(CP(=O)(Oc1ccc(Cl)cc1)Oc1ccc(Cl)cc1)C(=O)SCc1ccccc1. The number of rotatable bonds is 11. The second kappa shape index (κ2) is 13.1. The van der Waals surface area contributed by atoms with Crippen LogP contribution in [0.25, 0.3) is 0 Å². The molecule has 190 valence electrons. The summed E-state index contributed by atoms with van der Waals surface area (Å²) >= 11 is 12.8. The zero-order valence-electron chi connectivity index (χ0n) is 19.3. The zero-order valence-corrected chi connectivity index (χ0v) is 22.5. The van der Waals surface area contributed by atoms with E-state index in [1.807, 2.05) is 30.3 Å². The van der Waals surface area contributed by atoms with Crippen molar-refractivity contribution in [2.75, 3.05) is 6.29 Å². The maximum atomic E-state index is 14.0. The number of halogens is 2. The molecule has 0 aliphatic heterocycles. The molecule has 0 aliphatic rings. The lowest BCUT2D eigenvalue weighted by Gasteiger charge is -2.31. The van der Waals surface area contributed by atoms with Crippen molar-refractivity contribution in [3.63, 3.8) is 0 Å². The molecule has 1 unspecified atom stereocenters. The van der Waals surface area contributed by atoms with Crippen LogP contribution in [0.4, 0.5) is 4.79 Å². The van der Waals surface area contributed by atoms with Crippen LogP contribution >= 0.6 is 42.6 Å². The highest BCUT2D eigenvalue weighted by molar-refractivity contribution is 8.12. The minimum atomic E-state index is -4.16. The summed E-state index contributed by atoms with van der Waals surface area (Å²) in [6.07, 6.45) is -0.501. The molecule has 3 rings (SSSR count). The van der Waals surface area contributed by atoms with Gasteiger partial charge in [0.15, 0.2) is 0 Å². The highest BCUT2D eigenvalue weighted by atomic mass is 35.5. The van der Waals surface area contributed by atoms with Crippen LogP contribution in [0, 0.1) is 0 Å². The third-order valence-corrected chi connectivity index (χ3v) is 8.02. The van der Waals surface area contributed by atoms with Gasteiger partial charge in [-0.15, -0.1) is 0 Å². The Hall–Kier alpha value is -2.64. The molecule has 3 aromatic carbocycles. The van der Waals surface area contributed by atoms with Gasteiger partial charge >= 0.3 is 13.6 Å². The van der Waals surface area contributed by atoms with Crippen molar-refractivity contribution in [1.82, 2.24) is 4.90 Å². The van der Waals surface area contributed by atoms with Crippen LogP contribution < -0.4 is 9.05 Å². The summed E-state index contributed by atoms with van der Waals surface area (Å²) in [5, 5.41) is 10.1. The van der Waals surface area contributed by atoms with E-state index in [1.54, 1.807) is 31.2 Å².